The van der Waals surface area contributed by atoms with E-state index in [0.29, 0.717) is 5.56 Å². The number of alkyl halides is 2. The van der Waals surface area contributed by atoms with Gasteiger partial charge in [-0.2, -0.15) is 0 Å². The van der Waals surface area contributed by atoms with Crippen molar-refractivity contribution in [2.45, 2.75) is 26.2 Å². The van der Waals surface area contributed by atoms with Crippen LogP contribution >= 0.6 is 0 Å². The number of rotatable bonds is 4. The molecule has 0 radical (unpaired) electrons. The molecule has 0 aliphatic rings. The maximum atomic E-state index is 13.4. The normalized spacial score (nSPS) is 11.0. The summed E-state index contributed by atoms with van der Waals surface area (Å²) in [6, 6.07) is 4.21. The molecule has 104 valence electrons. The largest absolute Gasteiger partial charge is 0.496 e. The van der Waals surface area contributed by atoms with Gasteiger partial charge in [0.05, 0.1) is 24.9 Å². The number of methoxy groups -OCH3 is 1. The molecule has 6 heteroatoms. The lowest BCUT2D eigenvalue weighted by atomic mass is 10.0. The molecule has 0 aromatic heterocycles. The van der Waals surface area contributed by atoms with E-state index in [-0.39, 0.29) is 23.6 Å². The van der Waals surface area contributed by atoms with Gasteiger partial charge < -0.3 is 10.1 Å². The molecule has 0 bridgehead atoms. The molecule has 0 heterocycles. The zero-order valence-corrected chi connectivity index (χ0v) is 11.0. The lowest BCUT2D eigenvalue weighted by molar-refractivity contribution is -0.119. The van der Waals surface area contributed by atoms with E-state index in [0.717, 1.165) is 6.92 Å². The summed E-state index contributed by atoms with van der Waals surface area (Å²) in [7, 11) is 1.31. The zero-order valence-electron chi connectivity index (χ0n) is 11.0. The van der Waals surface area contributed by atoms with E-state index >= 15 is 0 Å². The first-order chi connectivity index (χ1) is 8.74. The van der Waals surface area contributed by atoms with Gasteiger partial charge in [-0.15, -0.1) is 0 Å². The van der Waals surface area contributed by atoms with Crippen LogP contribution in [0.5, 0.6) is 5.75 Å². The molecule has 1 aromatic carbocycles. The van der Waals surface area contributed by atoms with Crippen LogP contribution in [0.4, 0.5) is 8.78 Å². The molecule has 1 rings (SSSR count). The second kappa shape index (κ2) is 5.77. The highest BCUT2D eigenvalue weighted by Crippen LogP contribution is 2.35. The number of nitrogens with one attached hydrogen (secondary N) is 2. The highest BCUT2D eigenvalue weighted by atomic mass is 19.3. The number of carbonyl (C=O) groups excluding carboxylic acids is 1. The van der Waals surface area contributed by atoms with Crippen LogP contribution in [0.2, 0.25) is 0 Å². The van der Waals surface area contributed by atoms with Crippen molar-refractivity contribution in [3.05, 3.63) is 29.3 Å². The topological polar surface area (TPSA) is 62.2 Å². The number of amidine groups is 1. The molecule has 0 atom stereocenters. The number of carbonyl (C=O) groups is 1. The number of amides is 1. The van der Waals surface area contributed by atoms with Crippen LogP contribution in [0.25, 0.3) is 0 Å². The molecule has 0 aliphatic heterocycles. The van der Waals surface area contributed by atoms with Gasteiger partial charge in [0.25, 0.3) is 5.92 Å². The molecule has 0 saturated carbocycles. The van der Waals surface area contributed by atoms with Gasteiger partial charge in [-0.25, -0.2) is 8.78 Å². The van der Waals surface area contributed by atoms with Crippen LogP contribution in [-0.4, -0.2) is 18.9 Å². The summed E-state index contributed by atoms with van der Waals surface area (Å²) in [5.74, 6) is -3.36. The third-order valence-electron chi connectivity index (χ3n) is 2.43. The number of benzene rings is 1. The number of ether oxygens (including phenoxy) is 1. The van der Waals surface area contributed by atoms with E-state index in [9.17, 15) is 13.6 Å². The first-order valence-corrected chi connectivity index (χ1v) is 5.64. The molecule has 4 nitrogen and oxygen atoms in total. The van der Waals surface area contributed by atoms with Gasteiger partial charge in [-0.05, 0) is 24.6 Å². The number of hydrogen-bond donors (Lipinski definition) is 2. The lowest BCUT2D eigenvalue weighted by Gasteiger charge is -2.16. The Labute approximate surface area is 110 Å². The highest BCUT2D eigenvalue weighted by Gasteiger charge is 2.28. The fourth-order valence-electron chi connectivity index (χ4n) is 1.65. The predicted molar refractivity (Wildman–Crippen MR) is 67.8 cm³/mol. The summed E-state index contributed by atoms with van der Waals surface area (Å²) in [6.45, 7) is 2.20. The Kier molecular flexibility index (Phi) is 4.58. The monoisotopic (exact) mass is 270 g/mol. The summed E-state index contributed by atoms with van der Waals surface area (Å²) in [6.07, 6.45) is -0.0662. The van der Waals surface area contributed by atoms with E-state index in [1.165, 1.54) is 26.2 Å². The van der Waals surface area contributed by atoms with E-state index in [4.69, 9.17) is 10.1 Å². The molecule has 1 aromatic rings. The zero-order chi connectivity index (χ0) is 14.6. The van der Waals surface area contributed by atoms with Gasteiger partial charge >= 0.3 is 0 Å². The van der Waals surface area contributed by atoms with Crippen LogP contribution in [0.1, 0.15) is 25.0 Å². The molecule has 0 spiro atoms. The molecule has 0 aliphatic carbocycles. The third kappa shape index (κ3) is 4.31. The smallest absolute Gasteiger partial charge is 0.274 e. The fourth-order valence-corrected chi connectivity index (χ4v) is 1.65. The predicted octanol–water partition coefficient (Wildman–Crippen LogP) is 2.46. The molecular weight excluding hydrogens is 254 g/mol. The number of hydrogen-bond acceptors (Lipinski definition) is 3. The average molecular weight is 270 g/mol. The SMILES string of the molecule is COc1ccc(CC(=O)NC(C)=N)cc1C(C)(F)F. The van der Waals surface area contributed by atoms with E-state index in [1.807, 2.05) is 0 Å². The Balaban J connectivity index is 2.99. The van der Waals surface area contributed by atoms with E-state index < -0.39 is 11.8 Å². The van der Waals surface area contributed by atoms with Gasteiger partial charge in [-0.1, -0.05) is 6.07 Å². The molecule has 0 saturated heterocycles. The van der Waals surface area contributed by atoms with Crippen molar-refractivity contribution in [1.29, 1.82) is 5.41 Å². The average Bonchev–Trinajstić information content (AvgIpc) is 2.26. The van der Waals surface area contributed by atoms with Crippen LogP contribution in [0.15, 0.2) is 18.2 Å². The lowest BCUT2D eigenvalue weighted by Crippen LogP contribution is -2.29. The summed E-state index contributed by atoms with van der Waals surface area (Å²) in [4.78, 5) is 11.5. The minimum absolute atomic E-state index is 0.0135. The maximum absolute atomic E-state index is 13.4. The van der Waals surface area contributed by atoms with Gasteiger partial charge in [0.2, 0.25) is 5.91 Å². The Hall–Kier alpha value is -1.98. The van der Waals surface area contributed by atoms with Crippen LogP contribution in [0, 0.1) is 5.41 Å². The summed E-state index contributed by atoms with van der Waals surface area (Å²) >= 11 is 0. The second-order valence-corrected chi connectivity index (χ2v) is 4.27. The van der Waals surface area contributed by atoms with Crippen molar-refractivity contribution in [3.63, 3.8) is 0 Å². The van der Waals surface area contributed by atoms with Gasteiger partial charge in [0.1, 0.15) is 5.75 Å². The summed E-state index contributed by atoms with van der Waals surface area (Å²) < 4.78 is 31.7. The van der Waals surface area contributed by atoms with Crippen molar-refractivity contribution in [1.82, 2.24) is 5.32 Å². The van der Waals surface area contributed by atoms with E-state index in [1.54, 1.807) is 6.07 Å². The van der Waals surface area contributed by atoms with Crippen molar-refractivity contribution >= 4 is 11.7 Å². The first-order valence-electron chi connectivity index (χ1n) is 5.64. The molecular formula is C13H16F2N2O2. The maximum Gasteiger partial charge on any atom is 0.274 e. The minimum Gasteiger partial charge on any atom is -0.496 e. The second-order valence-electron chi connectivity index (χ2n) is 4.27. The molecule has 2 N–H and O–H groups in total. The Morgan fingerprint density at radius 1 is 1.47 bits per heavy atom. The van der Waals surface area contributed by atoms with Gasteiger partial charge in [0, 0.05) is 6.92 Å². The molecule has 19 heavy (non-hydrogen) atoms. The van der Waals surface area contributed by atoms with Crippen molar-refractivity contribution in [2.24, 2.45) is 0 Å². The summed E-state index contributed by atoms with van der Waals surface area (Å²) in [5.41, 5.74) is 0.183. The van der Waals surface area contributed by atoms with Crippen LogP contribution in [0.3, 0.4) is 0 Å². The number of halogens is 2. The highest BCUT2D eigenvalue weighted by molar-refractivity contribution is 5.96. The Morgan fingerprint density at radius 2 is 2.11 bits per heavy atom. The fraction of sp³-hybridized carbons (Fsp3) is 0.385. The van der Waals surface area contributed by atoms with E-state index in [2.05, 4.69) is 5.32 Å². The first kappa shape index (κ1) is 15.1. The van der Waals surface area contributed by atoms with Gasteiger partial charge in [-0.3, -0.25) is 10.2 Å². The molecule has 1 amide bonds. The summed E-state index contributed by atoms with van der Waals surface area (Å²) in [5, 5.41) is 9.43. The van der Waals surface area contributed by atoms with Crippen LogP contribution < -0.4 is 10.1 Å². The van der Waals surface area contributed by atoms with Gasteiger partial charge in [0.15, 0.2) is 0 Å². The molecule has 0 unspecified atom stereocenters. The Morgan fingerprint density at radius 3 is 2.58 bits per heavy atom. The van der Waals surface area contributed by atoms with Crippen molar-refractivity contribution < 1.29 is 18.3 Å². The molecule has 0 fully saturated rings. The standard InChI is InChI=1S/C13H16F2N2O2/c1-8(16)17-12(18)7-9-4-5-11(19-3)10(6-9)13(2,14)15/h4-6H,7H2,1-3H3,(H2,16,17,18). The van der Waals surface area contributed by atoms with Crippen molar-refractivity contribution in [2.75, 3.05) is 7.11 Å². The van der Waals surface area contributed by atoms with Crippen LogP contribution in [-0.2, 0) is 17.1 Å². The minimum atomic E-state index is -3.05. The third-order valence-corrected chi connectivity index (χ3v) is 2.43. The Bertz CT molecular complexity index is 496. The quantitative estimate of drug-likeness (QED) is 0.652. The van der Waals surface area contributed by atoms with Crippen molar-refractivity contribution in [3.8, 4) is 5.75 Å².